The molecule has 0 spiro atoms. The van der Waals surface area contributed by atoms with Crippen molar-refractivity contribution in [1.29, 1.82) is 0 Å². The van der Waals surface area contributed by atoms with Gasteiger partial charge in [-0.3, -0.25) is 4.21 Å². The van der Waals surface area contributed by atoms with Gasteiger partial charge in [0.25, 0.3) is 0 Å². The van der Waals surface area contributed by atoms with Gasteiger partial charge in [0.2, 0.25) is 0 Å². The van der Waals surface area contributed by atoms with E-state index in [4.69, 9.17) is 5.11 Å². The van der Waals surface area contributed by atoms with E-state index in [2.05, 4.69) is 0 Å². The van der Waals surface area contributed by atoms with Crippen molar-refractivity contribution in [2.45, 2.75) is 30.9 Å². The van der Waals surface area contributed by atoms with Gasteiger partial charge in [0, 0.05) is 24.7 Å². The maximum Gasteiger partial charge on any atom is 0.460 e. The Morgan fingerprint density at radius 1 is 1.00 bits per heavy atom. The van der Waals surface area contributed by atoms with Crippen LogP contribution in [-0.2, 0) is 11.3 Å². The zero-order valence-electron chi connectivity index (χ0n) is 9.99. The van der Waals surface area contributed by atoms with Crippen LogP contribution in [0.5, 0.6) is 0 Å². The summed E-state index contributed by atoms with van der Waals surface area (Å²) in [4.78, 5) is 0. The van der Waals surface area contributed by atoms with Crippen LogP contribution in [-0.4, -0.2) is 51.0 Å². The van der Waals surface area contributed by atoms with Gasteiger partial charge < -0.3 is 9.66 Å². The topological polar surface area (TPSA) is 72.4 Å². The van der Waals surface area contributed by atoms with Gasteiger partial charge in [-0.1, -0.05) is 0 Å². The first kappa shape index (κ1) is 22.7. The molecule has 0 aromatic carbocycles. The molecule has 1 atom stereocenters. The molecule has 0 radical (unpaired) electrons. The van der Waals surface area contributed by atoms with Gasteiger partial charge >= 0.3 is 23.9 Å². The Balaban J connectivity index is 0. The standard InChI is InChI=1S/C5H3F9.C2H7NO3S/c1-2(6,7)3(8,9)4(10,11)5(12,13)14;4-2-1-3-7(5)6/h1H3;3-4H,1-2H2,(H,5,6)/p-1. The summed E-state index contributed by atoms with van der Waals surface area (Å²) in [5.74, 6) is -18.7. The molecule has 0 aromatic rings. The molecule has 0 saturated heterocycles. The molecule has 2 N–H and O–H groups in total. The molecule has 21 heavy (non-hydrogen) atoms. The second-order valence-electron chi connectivity index (χ2n) is 3.39. The fourth-order valence-corrected chi connectivity index (χ4v) is 0.841. The fourth-order valence-electron chi connectivity index (χ4n) is 0.583. The van der Waals surface area contributed by atoms with Crippen molar-refractivity contribution in [3.05, 3.63) is 0 Å². The normalized spacial score (nSPS) is 15.2. The number of rotatable bonds is 5. The smallest absolute Gasteiger partial charge is 0.460 e. The average molecular weight is 358 g/mol. The van der Waals surface area contributed by atoms with Crippen LogP contribution in [0.1, 0.15) is 6.92 Å². The lowest BCUT2D eigenvalue weighted by Crippen LogP contribution is -2.59. The molecule has 0 saturated carbocycles. The highest BCUT2D eigenvalue weighted by atomic mass is 32.2. The van der Waals surface area contributed by atoms with Gasteiger partial charge in [0.1, 0.15) is 0 Å². The van der Waals surface area contributed by atoms with E-state index in [1.54, 1.807) is 0 Å². The lowest BCUT2D eigenvalue weighted by atomic mass is 10.1. The fraction of sp³-hybridized carbons (Fsp3) is 1.00. The third-order valence-corrected chi connectivity index (χ3v) is 2.07. The van der Waals surface area contributed by atoms with Gasteiger partial charge in [-0.05, 0) is 0 Å². The quantitative estimate of drug-likeness (QED) is 0.582. The highest BCUT2D eigenvalue weighted by Crippen LogP contribution is 2.52. The van der Waals surface area contributed by atoms with E-state index in [0.717, 1.165) is 0 Å². The zero-order valence-corrected chi connectivity index (χ0v) is 10.8. The van der Waals surface area contributed by atoms with Crippen molar-refractivity contribution < 1.29 is 53.4 Å². The van der Waals surface area contributed by atoms with Crippen LogP contribution in [0.2, 0.25) is 0 Å². The summed E-state index contributed by atoms with van der Waals surface area (Å²) in [6.07, 6.45) is -6.73. The second-order valence-corrected chi connectivity index (χ2v) is 4.15. The Morgan fingerprint density at radius 2 is 1.38 bits per heavy atom. The number of aliphatic hydroxyl groups excluding tert-OH is 1. The predicted molar refractivity (Wildman–Crippen MR) is 50.6 cm³/mol. The van der Waals surface area contributed by atoms with Gasteiger partial charge in [-0.25, -0.2) is 4.72 Å². The molecule has 4 nitrogen and oxygen atoms in total. The molecule has 0 aliphatic carbocycles. The summed E-state index contributed by atoms with van der Waals surface area (Å²) in [6, 6.07) is 0. The molecule has 0 aromatic heterocycles. The number of nitrogens with one attached hydrogen (secondary N) is 1. The van der Waals surface area contributed by atoms with Crippen molar-refractivity contribution in [1.82, 2.24) is 4.72 Å². The van der Waals surface area contributed by atoms with Crippen molar-refractivity contribution >= 4 is 11.3 Å². The van der Waals surface area contributed by atoms with E-state index in [9.17, 15) is 48.3 Å². The summed E-state index contributed by atoms with van der Waals surface area (Å²) in [6.45, 7) is -0.781. The van der Waals surface area contributed by atoms with E-state index < -0.39 is 42.1 Å². The van der Waals surface area contributed by atoms with Crippen LogP contribution < -0.4 is 4.72 Å². The molecule has 0 rings (SSSR count). The first-order chi connectivity index (χ1) is 9.02. The Morgan fingerprint density at radius 3 is 1.48 bits per heavy atom. The molecular formula is C7H9F9NO3S-. The van der Waals surface area contributed by atoms with Crippen LogP contribution >= 0.6 is 0 Å². The summed E-state index contributed by atoms with van der Waals surface area (Å²) in [5.41, 5.74) is 0. The molecule has 0 bridgehead atoms. The monoisotopic (exact) mass is 358 g/mol. The number of aliphatic hydroxyl groups is 1. The molecular weight excluding hydrogens is 349 g/mol. The molecule has 0 amide bonds. The third-order valence-electron chi connectivity index (χ3n) is 1.63. The molecule has 1 unspecified atom stereocenters. The molecule has 0 aliphatic heterocycles. The number of halogens is 9. The third kappa shape index (κ3) is 6.36. The van der Waals surface area contributed by atoms with Crippen molar-refractivity contribution in [2.24, 2.45) is 0 Å². The molecule has 0 fully saturated rings. The van der Waals surface area contributed by atoms with Crippen LogP contribution in [0.4, 0.5) is 39.5 Å². The Bertz CT molecular complexity index is 317. The first-order valence-corrected chi connectivity index (χ1v) is 5.73. The lowest BCUT2D eigenvalue weighted by molar-refractivity contribution is -0.393. The van der Waals surface area contributed by atoms with Crippen LogP contribution in [0, 0.1) is 0 Å². The molecule has 14 heteroatoms. The maximum atomic E-state index is 12.0. The van der Waals surface area contributed by atoms with Gasteiger partial charge in [0.15, 0.2) is 0 Å². The summed E-state index contributed by atoms with van der Waals surface area (Å²) >= 11 is -2.23. The van der Waals surface area contributed by atoms with Gasteiger partial charge in [-0.15, -0.1) is 0 Å². The second kappa shape index (κ2) is 7.60. The van der Waals surface area contributed by atoms with Crippen LogP contribution in [0.3, 0.4) is 0 Å². The Kier molecular flexibility index (Phi) is 8.21. The number of hydrogen-bond donors (Lipinski definition) is 2. The number of alkyl halides is 9. The lowest BCUT2D eigenvalue weighted by Gasteiger charge is -2.31. The molecule has 130 valence electrons. The van der Waals surface area contributed by atoms with Crippen molar-refractivity contribution in [3.8, 4) is 0 Å². The van der Waals surface area contributed by atoms with E-state index in [1.165, 1.54) is 0 Å². The Hall–Kier alpha value is -0.600. The van der Waals surface area contributed by atoms with Crippen molar-refractivity contribution in [3.63, 3.8) is 0 Å². The maximum absolute atomic E-state index is 12.0. The van der Waals surface area contributed by atoms with Crippen molar-refractivity contribution in [2.75, 3.05) is 13.2 Å². The minimum Gasteiger partial charge on any atom is -0.760 e. The summed E-state index contributed by atoms with van der Waals surface area (Å²) < 4.78 is 126. The SMILES string of the molecule is CC(F)(F)C(F)(F)C(F)(F)C(F)(F)F.O=S([O-])NCCO. The highest BCUT2D eigenvalue weighted by Gasteiger charge is 2.80. The van der Waals surface area contributed by atoms with Gasteiger partial charge in [-0.2, -0.15) is 39.5 Å². The first-order valence-electron chi connectivity index (χ1n) is 4.66. The van der Waals surface area contributed by atoms with Gasteiger partial charge in [0.05, 0.1) is 6.61 Å². The van der Waals surface area contributed by atoms with E-state index in [0.29, 0.717) is 0 Å². The summed E-state index contributed by atoms with van der Waals surface area (Å²) in [7, 11) is 0. The molecule has 0 heterocycles. The number of hydrogen-bond acceptors (Lipinski definition) is 3. The minimum absolute atomic E-state index is 0.0934. The average Bonchev–Trinajstić information content (AvgIpc) is 2.23. The molecule has 0 aliphatic rings. The summed E-state index contributed by atoms with van der Waals surface area (Å²) in [5, 5.41) is 7.98. The van der Waals surface area contributed by atoms with E-state index in [-0.39, 0.29) is 13.2 Å². The van der Waals surface area contributed by atoms with E-state index in [1.807, 2.05) is 4.72 Å². The van der Waals surface area contributed by atoms with Crippen LogP contribution in [0.15, 0.2) is 0 Å². The highest BCUT2D eigenvalue weighted by molar-refractivity contribution is 7.77. The minimum atomic E-state index is -6.77. The largest absolute Gasteiger partial charge is 0.760 e. The van der Waals surface area contributed by atoms with Crippen LogP contribution in [0.25, 0.3) is 0 Å². The predicted octanol–water partition coefficient (Wildman–Crippen LogP) is 1.84. The zero-order chi connectivity index (χ0) is 17.7. The van der Waals surface area contributed by atoms with E-state index >= 15 is 0 Å². The Labute approximate surface area is 114 Å².